The van der Waals surface area contributed by atoms with E-state index in [-0.39, 0.29) is 6.10 Å². The number of ether oxygens (including phenoxy) is 1. The largest absolute Gasteiger partial charge is 0.391 e. The van der Waals surface area contributed by atoms with Crippen molar-refractivity contribution in [3.8, 4) is 0 Å². The second-order valence-electron chi connectivity index (χ2n) is 4.59. The van der Waals surface area contributed by atoms with Gasteiger partial charge in [-0.05, 0) is 25.2 Å². The summed E-state index contributed by atoms with van der Waals surface area (Å²) in [7, 11) is 0. The van der Waals surface area contributed by atoms with Crippen LogP contribution in [0, 0.1) is 5.41 Å². The first-order valence-electron chi connectivity index (χ1n) is 4.67. The molecule has 1 atom stereocenters. The van der Waals surface area contributed by atoms with Crippen molar-refractivity contribution in [3.05, 3.63) is 0 Å². The van der Waals surface area contributed by atoms with Gasteiger partial charge < -0.3 is 9.84 Å². The van der Waals surface area contributed by atoms with Gasteiger partial charge in [-0.2, -0.15) is 0 Å². The second kappa shape index (κ2) is 5.55. The van der Waals surface area contributed by atoms with Crippen molar-refractivity contribution in [2.24, 2.45) is 5.41 Å². The molecule has 0 saturated heterocycles. The van der Waals surface area contributed by atoms with Crippen molar-refractivity contribution in [1.82, 2.24) is 0 Å². The summed E-state index contributed by atoms with van der Waals surface area (Å²) in [6.07, 6.45) is 1.92. The minimum Gasteiger partial charge on any atom is -0.391 e. The number of hydrogen-bond donors (Lipinski definition) is 1. The predicted octanol–water partition coefficient (Wildman–Crippen LogP) is 2.21. The van der Waals surface area contributed by atoms with E-state index >= 15 is 0 Å². The summed E-state index contributed by atoms with van der Waals surface area (Å²) in [6.45, 7) is 9.64. The molecule has 1 unspecified atom stereocenters. The molecule has 0 spiro atoms. The molecule has 0 aromatic carbocycles. The maximum Gasteiger partial charge on any atom is 0.0745 e. The van der Waals surface area contributed by atoms with Crippen molar-refractivity contribution in [1.29, 1.82) is 0 Å². The van der Waals surface area contributed by atoms with Gasteiger partial charge in [0.25, 0.3) is 0 Å². The van der Waals surface area contributed by atoms with Gasteiger partial charge in [-0.3, -0.25) is 0 Å². The predicted molar refractivity (Wildman–Crippen MR) is 51.2 cm³/mol. The van der Waals surface area contributed by atoms with Crippen LogP contribution in [0.5, 0.6) is 0 Å². The Hall–Kier alpha value is -0.0800. The molecule has 0 aromatic rings. The molecule has 0 fully saturated rings. The number of aliphatic hydroxyl groups is 1. The molecule has 74 valence electrons. The molecule has 0 rings (SSSR count). The van der Waals surface area contributed by atoms with E-state index in [1.165, 1.54) is 6.42 Å². The molecule has 0 saturated carbocycles. The smallest absolute Gasteiger partial charge is 0.0745 e. The minimum absolute atomic E-state index is 0.334. The zero-order chi connectivity index (χ0) is 9.61. The highest BCUT2D eigenvalue weighted by molar-refractivity contribution is 4.60. The zero-order valence-corrected chi connectivity index (χ0v) is 8.76. The SMILES string of the molecule is CC(O)COCCCC(C)(C)C. The van der Waals surface area contributed by atoms with Gasteiger partial charge in [-0.15, -0.1) is 0 Å². The molecule has 0 aliphatic carbocycles. The summed E-state index contributed by atoms with van der Waals surface area (Å²) in [5.74, 6) is 0. The fourth-order valence-corrected chi connectivity index (χ4v) is 0.958. The van der Waals surface area contributed by atoms with Gasteiger partial charge in [0.15, 0.2) is 0 Å². The van der Waals surface area contributed by atoms with Crippen LogP contribution in [0.2, 0.25) is 0 Å². The van der Waals surface area contributed by atoms with Gasteiger partial charge in [-0.25, -0.2) is 0 Å². The summed E-state index contributed by atoms with van der Waals surface area (Å²) in [4.78, 5) is 0. The second-order valence-corrected chi connectivity index (χ2v) is 4.59. The van der Waals surface area contributed by atoms with E-state index in [1.807, 2.05) is 0 Å². The van der Waals surface area contributed by atoms with Crippen LogP contribution in [0.3, 0.4) is 0 Å². The monoisotopic (exact) mass is 174 g/mol. The standard InChI is InChI=1S/C10H22O2/c1-9(11)8-12-7-5-6-10(2,3)4/h9,11H,5-8H2,1-4H3. The molecule has 0 aliphatic heterocycles. The summed E-state index contributed by atoms with van der Waals surface area (Å²) in [5, 5.41) is 8.89. The highest BCUT2D eigenvalue weighted by Gasteiger charge is 2.08. The third-order valence-electron chi connectivity index (χ3n) is 1.57. The van der Waals surface area contributed by atoms with E-state index in [2.05, 4.69) is 20.8 Å². The van der Waals surface area contributed by atoms with Crippen molar-refractivity contribution in [2.45, 2.75) is 46.6 Å². The van der Waals surface area contributed by atoms with Gasteiger partial charge in [0.05, 0.1) is 12.7 Å². The van der Waals surface area contributed by atoms with E-state index in [4.69, 9.17) is 9.84 Å². The summed E-state index contributed by atoms with van der Waals surface area (Å²) < 4.78 is 5.24. The molecular weight excluding hydrogens is 152 g/mol. The zero-order valence-electron chi connectivity index (χ0n) is 8.76. The van der Waals surface area contributed by atoms with E-state index in [0.717, 1.165) is 13.0 Å². The molecule has 2 heteroatoms. The van der Waals surface area contributed by atoms with Crippen LogP contribution < -0.4 is 0 Å². The molecular formula is C10H22O2. The molecule has 1 N–H and O–H groups in total. The van der Waals surface area contributed by atoms with E-state index in [9.17, 15) is 0 Å². The molecule has 2 nitrogen and oxygen atoms in total. The molecule has 0 aromatic heterocycles. The summed E-state index contributed by atoms with van der Waals surface area (Å²) in [5.41, 5.74) is 0.397. The van der Waals surface area contributed by atoms with Crippen LogP contribution in [0.25, 0.3) is 0 Å². The Labute approximate surface area is 75.9 Å². The Balaban J connectivity index is 3.12. The van der Waals surface area contributed by atoms with Gasteiger partial charge in [0, 0.05) is 6.61 Å². The topological polar surface area (TPSA) is 29.5 Å². The molecule has 0 aliphatic rings. The Morgan fingerprint density at radius 1 is 1.33 bits per heavy atom. The van der Waals surface area contributed by atoms with Crippen molar-refractivity contribution in [3.63, 3.8) is 0 Å². The molecule has 0 heterocycles. The average molecular weight is 174 g/mol. The van der Waals surface area contributed by atoms with Gasteiger partial charge in [0.2, 0.25) is 0 Å². The van der Waals surface area contributed by atoms with Crippen LogP contribution in [0.15, 0.2) is 0 Å². The first kappa shape index (κ1) is 11.9. The Morgan fingerprint density at radius 2 is 1.92 bits per heavy atom. The maximum atomic E-state index is 8.89. The Bertz CT molecular complexity index is 103. The van der Waals surface area contributed by atoms with Crippen molar-refractivity contribution in [2.75, 3.05) is 13.2 Å². The van der Waals surface area contributed by atoms with Gasteiger partial charge >= 0.3 is 0 Å². The van der Waals surface area contributed by atoms with Crippen LogP contribution in [0.4, 0.5) is 0 Å². The Morgan fingerprint density at radius 3 is 2.33 bits per heavy atom. The maximum absolute atomic E-state index is 8.89. The van der Waals surface area contributed by atoms with E-state index < -0.39 is 0 Å². The van der Waals surface area contributed by atoms with Gasteiger partial charge in [0.1, 0.15) is 0 Å². The quantitative estimate of drug-likeness (QED) is 0.647. The third kappa shape index (κ3) is 9.92. The van der Waals surface area contributed by atoms with Crippen molar-refractivity contribution >= 4 is 0 Å². The minimum atomic E-state index is -0.334. The average Bonchev–Trinajstić information content (AvgIpc) is 1.83. The fraction of sp³-hybridized carbons (Fsp3) is 1.00. The van der Waals surface area contributed by atoms with E-state index in [0.29, 0.717) is 12.0 Å². The lowest BCUT2D eigenvalue weighted by Gasteiger charge is -2.17. The Kier molecular flexibility index (Phi) is 5.51. The lowest BCUT2D eigenvalue weighted by molar-refractivity contribution is 0.0421. The lowest BCUT2D eigenvalue weighted by Crippen LogP contribution is -2.12. The van der Waals surface area contributed by atoms with Crippen LogP contribution in [-0.4, -0.2) is 24.4 Å². The van der Waals surface area contributed by atoms with Gasteiger partial charge in [-0.1, -0.05) is 20.8 Å². The first-order chi connectivity index (χ1) is 5.42. The molecule has 0 amide bonds. The lowest BCUT2D eigenvalue weighted by atomic mass is 9.91. The highest BCUT2D eigenvalue weighted by Crippen LogP contribution is 2.20. The van der Waals surface area contributed by atoms with E-state index in [1.54, 1.807) is 6.92 Å². The fourth-order valence-electron chi connectivity index (χ4n) is 0.958. The first-order valence-corrected chi connectivity index (χ1v) is 4.67. The number of rotatable bonds is 5. The van der Waals surface area contributed by atoms with Crippen LogP contribution in [0.1, 0.15) is 40.5 Å². The third-order valence-corrected chi connectivity index (χ3v) is 1.57. The molecule has 12 heavy (non-hydrogen) atoms. The molecule has 0 radical (unpaired) electrons. The summed E-state index contributed by atoms with van der Waals surface area (Å²) in [6, 6.07) is 0. The van der Waals surface area contributed by atoms with Crippen LogP contribution in [-0.2, 0) is 4.74 Å². The number of aliphatic hydroxyl groups excluding tert-OH is 1. The molecule has 0 bridgehead atoms. The summed E-state index contributed by atoms with van der Waals surface area (Å²) >= 11 is 0. The highest BCUT2D eigenvalue weighted by atomic mass is 16.5. The normalized spacial score (nSPS) is 14.8. The van der Waals surface area contributed by atoms with Crippen LogP contribution >= 0.6 is 0 Å². The van der Waals surface area contributed by atoms with Crippen molar-refractivity contribution < 1.29 is 9.84 Å². The number of hydrogen-bond acceptors (Lipinski definition) is 2.